The van der Waals surface area contributed by atoms with Crippen LogP contribution in [0.25, 0.3) is 11.4 Å². The van der Waals surface area contributed by atoms with Gasteiger partial charge >= 0.3 is 0 Å². The van der Waals surface area contributed by atoms with E-state index in [1.54, 1.807) is 6.07 Å². The number of benzene rings is 1. The lowest BCUT2D eigenvalue weighted by Gasteiger charge is -2.01. The standard InChI is InChI=1S/C10H6F2N2S/c11-6-1-2-7(8(12)5-6)10-13-4-3-9(15)14-10/h1-5H,(H,13,14,15). The maximum absolute atomic E-state index is 13.3. The molecule has 0 saturated heterocycles. The molecule has 0 aliphatic carbocycles. The number of hydrogen-bond acceptors (Lipinski definition) is 2. The number of aromatic amines is 1. The zero-order chi connectivity index (χ0) is 10.8. The van der Waals surface area contributed by atoms with Crippen molar-refractivity contribution in [3.8, 4) is 11.4 Å². The summed E-state index contributed by atoms with van der Waals surface area (Å²) >= 11 is 4.88. The minimum atomic E-state index is -0.667. The molecule has 2 nitrogen and oxygen atoms in total. The molecule has 0 fully saturated rings. The summed E-state index contributed by atoms with van der Waals surface area (Å²) in [5.74, 6) is -0.995. The molecular formula is C10H6F2N2S. The van der Waals surface area contributed by atoms with Crippen molar-refractivity contribution >= 4 is 12.2 Å². The van der Waals surface area contributed by atoms with Crippen LogP contribution in [0.15, 0.2) is 30.5 Å². The second-order valence-electron chi connectivity index (χ2n) is 2.91. The molecule has 1 N–H and O–H groups in total. The predicted molar refractivity (Wildman–Crippen MR) is 54.8 cm³/mol. The number of halogens is 2. The first-order valence-corrected chi connectivity index (χ1v) is 4.58. The third-order valence-corrected chi connectivity index (χ3v) is 2.10. The highest BCUT2D eigenvalue weighted by molar-refractivity contribution is 7.71. The van der Waals surface area contributed by atoms with E-state index in [9.17, 15) is 8.78 Å². The van der Waals surface area contributed by atoms with Crippen LogP contribution in [-0.4, -0.2) is 9.97 Å². The van der Waals surface area contributed by atoms with Gasteiger partial charge in [0.15, 0.2) is 0 Å². The van der Waals surface area contributed by atoms with E-state index in [2.05, 4.69) is 9.97 Å². The van der Waals surface area contributed by atoms with Gasteiger partial charge in [0.25, 0.3) is 0 Å². The average Bonchev–Trinajstić information content (AvgIpc) is 2.17. The molecule has 15 heavy (non-hydrogen) atoms. The van der Waals surface area contributed by atoms with E-state index >= 15 is 0 Å². The highest BCUT2D eigenvalue weighted by Gasteiger charge is 2.07. The lowest BCUT2D eigenvalue weighted by molar-refractivity contribution is 0.585. The Balaban J connectivity index is 2.59. The van der Waals surface area contributed by atoms with E-state index in [4.69, 9.17) is 12.2 Å². The number of nitrogens with one attached hydrogen (secondary N) is 1. The number of hydrogen-bond donors (Lipinski definition) is 1. The number of H-pyrrole nitrogens is 1. The minimum absolute atomic E-state index is 0.197. The molecule has 2 aromatic rings. The van der Waals surface area contributed by atoms with Crippen molar-refractivity contribution in [2.45, 2.75) is 0 Å². The Hall–Kier alpha value is -1.62. The third-order valence-electron chi connectivity index (χ3n) is 1.86. The molecule has 76 valence electrons. The van der Waals surface area contributed by atoms with Crippen LogP contribution < -0.4 is 0 Å². The topological polar surface area (TPSA) is 28.7 Å². The Bertz CT molecular complexity index is 551. The summed E-state index contributed by atoms with van der Waals surface area (Å²) in [7, 11) is 0. The summed E-state index contributed by atoms with van der Waals surface area (Å²) in [5.41, 5.74) is 0.197. The summed E-state index contributed by atoms with van der Waals surface area (Å²) in [4.78, 5) is 6.64. The fraction of sp³-hybridized carbons (Fsp3) is 0. The third kappa shape index (κ3) is 2.07. The van der Waals surface area contributed by atoms with Gasteiger partial charge in [-0.15, -0.1) is 0 Å². The number of nitrogens with zero attached hydrogens (tertiary/aromatic N) is 1. The molecule has 0 unspecified atom stereocenters. The molecule has 0 aliphatic heterocycles. The lowest BCUT2D eigenvalue weighted by atomic mass is 10.2. The molecule has 5 heteroatoms. The largest absolute Gasteiger partial charge is 0.331 e. The van der Waals surface area contributed by atoms with Gasteiger partial charge in [0, 0.05) is 12.3 Å². The normalized spacial score (nSPS) is 10.3. The zero-order valence-corrected chi connectivity index (χ0v) is 8.31. The Kier molecular flexibility index (Phi) is 2.55. The van der Waals surface area contributed by atoms with Gasteiger partial charge in [0.05, 0.1) is 5.56 Å². The van der Waals surface area contributed by atoms with Crippen molar-refractivity contribution in [2.75, 3.05) is 0 Å². The van der Waals surface area contributed by atoms with E-state index in [-0.39, 0.29) is 5.56 Å². The van der Waals surface area contributed by atoms with Crippen molar-refractivity contribution < 1.29 is 8.78 Å². The molecule has 1 aromatic carbocycles. The maximum atomic E-state index is 13.3. The minimum Gasteiger partial charge on any atom is -0.331 e. The van der Waals surface area contributed by atoms with E-state index in [0.29, 0.717) is 10.5 Å². The van der Waals surface area contributed by atoms with Crippen LogP contribution in [0.4, 0.5) is 8.78 Å². The van der Waals surface area contributed by atoms with Crippen LogP contribution in [0.2, 0.25) is 0 Å². The van der Waals surface area contributed by atoms with Gasteiger partial charge < -0.3 is 4.98 Å². The molecule has 0 atom stereocenters. The van der Waals surface area contributed by atoms with E-state index in [0.717, 1.165) is 6.07 Å². The summed E-state index contributed by atoms with van der Waals surface area (Å²) in [6, 6.07) is 4.88. The van der Waals surface area contributed by atoms with Crippen molar-refractivity contribution in [1.82, 2.24) is 9.97 Å². The van der Waals surface area contributed by atoms with Gasteiger partial charge in [0.1, 0.15) is 22.1 Å². The Morgan fingerprint density at radius 3 is 2.67 bits per heavy atom. The SMILES string of the molecule is Fc1ccc(-c2nccc(=S)[nH]2)c(F)c1. The summed E-state index contributed by atoms with van der Waals surface area (Å²) < 4.78 is 26.4. The van der Waals surface area contributed by atoms with Gasteiger partial charge in [-0.25, -0.2) is 13.8 Å². The predicted octanol–water partition coefficient (Wildman–Crippen LogP) is 3.08. The van der Waals surface area contributed by atoms with Crippen molar-refractivity contribution in [2.24, 2.45) is 0 Å². The smallest absolute Gasteiger partial charge is 0.141 e. The first kappa shape index (κ1) is 9.92. The molecule has 0 radical (unpaired) electrons. The second-order valence-corrected chi connectivity index (χ2v) is 3.35. The maximum Gasteiger partial charge on any atom is 0.141 e. The first-order valence-electron chi connectivity index (χ1n) is 4.17. The molecule has 1 heterocycles. The lowest BCUT2D eigenvalue weighted by Crippen LogP contribution is -1.92. The molecule has 0 aliphatic rings. The van der Waals surface area contributed by atoms with Crippen LogP contribution in [0, 0.1) is 16.3 Å². The van der Waals surface area contributed by atoms with Crippen molar-refractivity contribution in [3.63, 3.8) is 0 Å². The van der Waals surface area contributed by atoms with Crippen LogP contribution in [0.5, 0.6) is 0 Å². The molecule has 2 rings (SSSR count). The average molecular weight is 224 g/mol. The molecular weight excluding hydrogens is 218 g/mol. The second kappa shape index (κ2) is 3.86. The number of aromatic nitrogens is 2. The Morgan fingerprint density at radius 1 is 1.20 bits per heavy atom. The van der Waals surface area contributed by atoms with Gasteiger partial charge in [-0.05, 0) is 18.2 Å². The quantitative estimate of drug-likeness (QED) is 0.754. The summed E-state index contributed by atoms with van der Waals surface area (Å²) in [6.45, 7) is 0. The highest BCUT2D eigenvalue weighted by Crippen LogP contribution is 2.19. The van der Waals surface area contributed by atoms with Crippen LogP contribution in [0.3, 0.4) is 0 Å². The monoisotopic (exact) mass is 224 g/mol. The molecule has 0 saturated carbocycles. The van der Waals surface area contributed by atoms with E-state index in [1.165, 1.54) is 18.3 Å². The molecule has 1 aromatic heterocycles. The fourth-order valence-corrected chi connectivity index (χ4v) is 1.35. The van der Waals surface area contributed by atoms with Gasteiger partial charge in [-0.1, -0.05) is 12.2 Å². The van der Waals surface area contributed by atoms with Crippen LogP contribution >= 0.6 is 12.2 Å². The Morgan fingerprint density at radius 2 is 2.00 bits per heavy atom. The molecule has 0 amide bonds. The molecule has 0 bridgehead atoms. The fourth-order valence-electron chi connectivity index (χ4n) is 1.19. The first-order chi connectivity index (χ1) is 7.16. The van der Waals surface area contributed by atoms with Gasteiger partial charge in [-0.2, -0.15) is 0 Å². The van der Waals surface area contributed by atoms with Crippen LogP contribution in [0.1, 0.15) is 0 Å². The highest BCUT2D eigenvalue weighted by atomic mass is 32.1. The van der Waals surface area contributed by atoms with Gasteiger partial charge in [0.2, 0.25) is 0 Å². The summed E-state index contributed by atoms with van der Waals surface area (Å²) in [6.07, 6.45) is 1.47. The summed E-state index contributed by atoms with van der Waals surface area (Å²) in [5, 5.41) is 0. The zero-order valence-electron chi connectivity index (χ0n) is 7.50. The molecule has 0 spiro atoms. The van der Waals surface area contributed by atoms with Gasteiger partial charge in [-0.3, -0.25) is 0 Å². The van der Waals surface area contributed by atoms with Crippen molar-refractivity contribution in [1.29, 1.82) is 0 Å². The van der Waals surface area contributed by atoms with Crippen molar-refractivity contribution in [3.05, 3.63) is 46.7 Å². The van der Waals surface area contributed by atoms with E-state index in [1.807, 2.05) is 0 Å². The van der Waals surface area contributed by atoms with Crippen LogP contribution in [-0.2, 0) is 0 Å². The Labute approximate surface area is 89.6 Å². The van der Waals surface area contributed by atoms with E-state index < -0.39 is 11.6 Å². The number of rotatable bonds is 1.